The molecule has 1 N–H and O–H groups in total. The van der Waals surface area contributed by atoms with Crippen LogP contribution in [0.5, 0.6) is 0 Å². The Bertz CT molecular complexity index is 849. The van der Waals surface area contributed by atoms with Gasteiger partial charge in [-0.25, -0.2) is 8.42 Å². The van der Waals surface area contributed by atoms with Crippen molar-refractivity contribution in [1.82, 2.24) is 5.32 Å². The number of para-hydroxylation sites is 1. The van der Waals surface area contributed by atoms with E-state index >= 15 is 0 Å². The Morgan fingerprint density at radius 2 is 1.59 bits per heavy atom. The van der Waals surface area contributed by atoms with Gasteiger partial charge in [-0.15, -0.1) is 0 Å². The number of nitrogens with zero attached hydrogens (tertiary/aromatic N) is 1. The summed E-state index contributed by atoms with van der Waals surface area (Å²) >= 11 is 0. The van der Waals surface area contributed by atoms with Crippen molar-refractivity contribution < 1.29 is 13.2 Å². The zero-order valence-electron chi connectivity index (χ0n) is 16.3. The van der Waals surface area contributed by atoms with Gasteiger partial charge < -0.3 is 5.32 Å². The first kappa shape index (κ1) is 21.0. The summed E-state index contributed by atoms with van der Waals surface area (Å²) in [5.74, 6) is -0.292. The molecule has 0 aromatic heterocycles. The van der Waals surface area contributed by atoms with Crippen molar-refractivity contribution in [3.05, 3.63) is 65.7 Å². The fourth-order valence-corrected chi connectivity index (χ4v) is 4.33. The van der Waals surface area contributed by atoms with Gasteiger partial charge in [0.25, 0.3) is 0 Å². The number of nitrogens with one attached hydrogen (secondary N) is 1. The van der Waals surface area contributed by atoms with Crippen LogP contribution in [-0.2, 0) is 14.8 Å². The number of amides is 1. The van der Waals surface area contributed by atoms with Crippen LogP contribution in [0.3, 0.4) is 0 Å². The summed E-state index contributed by atoms with van der Waals surface area (Å²) in [4.78, 5) is 13.0. The van der Waals surface area contributed by atoms with E-state index in [0.29, 0.717) is 12.1 Å². The monoisotopic (exact) mass is 388 g/mol. The van der Waals surface area contributed by atoms with Crippen LogP contribution >= 0.6 is 0 Å². The van der Waals surface area contributed by atoms with E-state index in [9.17, 15) is 13.2 Å². The highest BCUT2D eigenvalue weighted by Crippen LogP contribution is 2.23. The zero-order chi connectivity index (χ0) is 20.0. The van der Waals surface area contributed by atoms with Crippen LogP contribution in [0.15, 0.2) is 54.6 Å². The second kappa shape index (κ2) is 9.04. The third-order valence-corrected chi connectivity index (χ3v) is 5.72. The number of anilines is 1. The quantitative estimate of drug-likeness (QED) is 0.748. The van der Waals surface area contributed by atoms with Crippen LogP contribution in [0.1, 0.15) is 43.9 Å². The van der Waals surface area contributed by atoms with E-state index in [1.165, 1.54) is 4.31 Å². The van der Waals surface area contributed by atoms with Gasteiger partial charge in [0.1, 0.15) is 6.04 Å². The molecule has 0 saturated carbocycles. The van der Waals surface area contributed by atoms with Gasteiger partial charge in [-0.1, -0.05) is 61.9 Å². The number of carbonyl (C=O) groups is 1. The molecular formula is C21H28N2O3S. The van der Waals surface area contributed by atoms with Gasteiger partial charge in [-0.2, -0.15) is 0 Å². The first-order chi connectivity index (χ1) is 12.8. The highest BCUT2D eigenvalue weighted by atomic mass is 32.2. The molecule has 2 atom stereocenters. The number of benzene rings is 2. The molecule has 0 fully saturated rings. The third-order valence-electron chi connectivity index (χ3n) is 4.54. The summed E-state index contributed by atoms with van der Waals surface area (Å²) < 4.78 is 26.1. The van der Waals surface area contributed by atoms with Crippen LogP contribution in [0.2, 0.25) is 0 Å². The van der Waals surface area contributed by atoms with Crippen LogP contribution in [0.25, 0.3) is 0 Å². The average Bonchev–Trinajstić information content (AvgIpc) is 2.64. The molecular weight excluding hydrogens is 360 g/mol. The smallest absolute Gasteiger partial charge is 0.244 e. The topological polar surface area (TPSA) is 66.5 Å². The normalized spacial score (nSPS) is 13.6. The van der Waals surface area contributed by atoms with E-state index in [-0.39, 0.29) is 11.9 Å². The standard InChI is InChI=1S/C21H28N2O3S/c1-5-19(17-14-12-16(3)13-15-17)22-21(24)20(6-2)23(27(4,25)26)18-10-8-7-9-11-18/h7-15,19-20H,5-6H2,1-4H3,(H,22,24)/t19-,20+/m0/s1. The fourth-order valence-electron chi connectivity index (χ4n) is 3.12. The fraction of sp³-hybridized carbons (Fsp3) is 0.381. The van der Waals surface area contributed by atoms with Crippen LogP contribution in [0.4, 0.5) is 5.69 Å². The second-order valence-corrected chi connectivity index (χ2v) is 8.56. The zero-order valence-corrected chi connectivity index (χ0v) is 17.2. The van der Waals surface area contributed by atoms with Crippen LogP contribution in [0, 0.1) is 6.92 Å². The van der Waals surface area contributed by atoms with Gasteiger partial charge in [0.05, 0.1) is 18.0 Å². The number of aryl methyl sites for hydroxylation is 1. The highest BCUT2D eigenvalue weighted by molar-refractivity contribution is 7.92. The predicted octanol–water partition coefficient (Wildman–Crippen LogP) is 3.81. The van der Waals surface area contributed by atoms with Crippen molar-refractivity contribution in [1.29, 1.82) is 0 Å². The van der Waals surface area contributed by atoms with E-state index in [0.717, 1.165) is 23.8 Å². The largest absolute Gasteiger partial charge is 0.347 e. The van der Waals surface area contributed by atoms with Gasteiger partial charge in [0.15, 0.2) is 0 Å². The number of sulfonamides is 1. The van der Waals surface area contributed by atoms with E-state index in [1.54, 1.807) is 24.3 Å². The van der Waals surface area contributed by atoms with Crippen molar-refractivity contribution in [3.8, 4) is 0 Å². The van der Waals surface area contributed by atoms with Crippen LogP contribution < -0.4 is 9.62 Å². The van der Waals surface area contributed by atoms with Crippen molar-refractivity contribution in [3.63, 3.8) is 0 Å². The maximum Gasteiger partial charge on any atom is 0.244 e. The summed E-state index contributed by atoms with van der Waals surface area (Å²) in [5, 5.41) is 3.03. The van der Waals surface area contributed by atoms with Crippen molar-refractivity contribution in [2.45, 2.75) is 45.7 Å². The van der Waals surface area contributed by atoms with E-state index < -0.39 is 16.1 Å². The molecule has 0 aliphatic heterocycles. The molecule has 27 heavy (non-hydrogen) atoms. The molecule has 2 rings (SSSR count). The summed E-state index contributed by atoms with van der Waals surface area (Å²) in [6.07, 6.45) is 2.22. The molecule has 0 bridgehead atoms. The van der Waals surface area contributed by atoms with Crippen molar-refractivity contribution in [2.75, 3.05) is 10.6 Å². The molecule has 2 aromatic carbocycles. The first-order valence-corrected chi connectivity index (χ1v) is 11.0. The molecule has 0 unspecified atom stereocenters. The van der Waals surface area contributed by atoms with Gasteiger partial charge in [-0.05, 0) is 37.5 Å². The lowest BCUT2D eigenvalue weighted by Gasteiger charge is -2.31. The lowest BCUT2D eigenvalue weighted by atomic mass is 10.0. The second-order valence-electron chi connectivity index (χ2n) is 6.70. The number of carbonyl (C=O) groups excluding carboxylic acids is 1. The van der Waals surface area contributed by atoms with Crippen molar-refractivity contribution in [2.24, 2.45) is 0 Å². The Morgan fingerprint density at radius 1 is 1.00 bits per heavy atom. The number of hydrogen-bond acceptors (Lipinski definition) is 3. The maximum absolute atomic E-state index is 13.0. The van der Waals surface area contributed by atoms with E-state index in [1.807, 2.05) is 51.1 Å². The van der Waals surface area contributed by atoms with Gasteiger partial charge in [0, 0.05) is 0 Å². The highest BCUT2D eigenvalue weighted by Gasteiger charge is 2.32. The summed E-state index contributed by atoms with van der Waals surface area (Å²) in [6, 6.07) is 15.8. The molecule has 0 heterocycles. The maximum atomic E-state index is 13.0. The number of hydrogen-bond donors (Lipinski definition) is 1. The predicted molar refractivity (Wildman–Crippen MR) is 110 cm³/mol. The Hall–Kier alpha value is -2.34. The third kappa shape index (κ3) is 5.32. The SMILES string of the molecule is CC[C@H](NC(=O)[C@@H](CC)N(c1ccccc1)S(C)(=O)=O)c1ccc(C)cc1. The molecule has 146 valence electrons. The minimum atomic E-state index is -3.61. The summed E-state index contributed by atoms with van der Waals surface area (Å²) in [7, 11) is -3.61. The lowest BCUT2D eigenvalue weighted by Crippen LogP contribution is -2.50. The molecule has 2 aromatic rings. The minimum absolute atomic E-state index is 0.163. The summed E-state index contributed by atoms with van der Waals surface area (Å²) in [5.41, 5.74) is 2.65. The van der Waals surface area contributed by atoms with E-state index in [2.05, 4.69) is 5.32 Å². The molecule has 5 nitrogen and oxygen atoms in total. The average molecular weight is 389 g/mol. The molecule has 0 aliphatic carbocycles. The van der Waals surface area contributed by atoms with Gasteiger partial charge >= 0.3 is 0 Å². The Morgan fingerprint density at radius 3 is 2.07 bits per heavy atom. The molecule has 0 radical (unpaired) electrons. The number of rotatable bonds is 8. The molecule has 0 spiro atoms. The van der Waals surface area contributed by atoms with E-state index in [4.69, 9.17) is 0 Å². The Kier molecular flexibility index (Phi) is 7.02. The van der Waals surface area contributed by atoms with Crippen LogP contribution in [-0.4, -0.2) is 26.6 Å². The minimum Gasteiger partial charge on any atom is -0.347 e. The lowest BCUT2D eigenvalue weighted by molar-refractivity contribution is -0.123. The van der Waals surface area contributed by atoms with Gasteiger partial charge in [0.2, 0.25) is 15.9 Å². The Labute approximate surface area is 162 Å². The Balaban J connectivity index is 2.30. The molecule has 1 amide bonds. The van der Waals surface area contributed by atoms with Crippen molar-refractivity contribution >= 4 is 21.6 Å². The van der Waals surface area contributed by atoms with Gasteiger partial charge in [-0.3, -0.25) is 9.10 Å². The first-order valence-electron chi connectivity index (χ1n) is 9.19. The molecule has 0 aliphatic rings. The molecule has 0 saturated heterocycles. The molecule has 6 heteroatoms. The summed E-state index contributed by atoms with van der Waals surface area (Å²) in [6.45, 7) is 5.83.